The van der Waals surface area contributed by atoms with Crippen LogP contribution < -0.4 is 10.2 Å². The van der Waals surface area contributed by atoms with E-state index < -0.39 is 0 Å². The van der Waals surface area contributed by atoms with Crippen molar-refractivity contribution in [1.29, 1.82) is 0 Å². The van der Waals surface area contributed by atoms with Gasteiger partial charge in [-0.15, -0.1) is 22.7 Å². The Morgan fingerprint density at radius 3 is 2.90 bits per heavy atom. The summed E-state index contributed by atoms with van der Waals surface area (Å²) < 4.78 is 0. The highest BCUT2D eigenvalue weighted by Crippen LogP contribution is 2.36. The number of nitrogens with zero attached hydrogens (tertiary/aromatic N) is 2. The molecule has 2 aromatic rings. The second-order valence-electron chi connectivity index (χ2n) is 6.59. The molecule has 2 aromatic heterocycles. The van der Waals surface area contributed by atoms with Gasteiger partial charge in [-0.05, 0) is 30.5 Å². The van der Waals surface area contributed by atoms with Crippen LogP contribution in [0.15, 0.2) is 11.4 Å². The Bertz CT molecular complexity index is 622. The van der Waals surface area contributed by atoms with Crippen molar-refractivity contribution in [3.8, 4) is 0 Å². The molecule has 0 atom stereocenters. The fraction of sp³-hybridized carbons (Fsp3) is 0.562. The monoisotopic (exact) mass is 321 g/mol. The molecule has 1 aliphatic rings. The summed E-state index contributed by atoms with van der Waals surface area (Å²) in [5.41, 5.74) is 2.83. The van der Waals surface area contributed by atoms with Gasteiger partial charge in [-0.25, -0.2) is 4.98 Å². The third kappa shape index (κ3) is 3.00. The van der Waals surface area contributed by atoms with Crippen molar-refractivity contribution >= 4 is 27.8 Å². The van der Waals surface area contributed by atoms with Crippen LogP contribution in [0.1, 0.15) is 41.8 Å². The second-order valence-corrected chi connectivity index (χ2v) is 8.65. The van der Waals surface area contributed by atoms with E-state index in [4.69, 9.17) is 4.98 Å². The van der Waals surface area contributed by atoms with E-state index in [0.29, 0.717) is 0 Å². The van der Waals surface area contributed by atoms with Crippen molar-refractivity contribution < 1.29 is 0 Å². The number of anilines is 1. The van der Waals surface area contributed by atoms with Crippen LogP contribution in [0.2, 0.25) is 0 Å². The predicted octanol–water partition coefficient (Wildman–Crippen LogP) is 3.78. The van der Waals surface area contributed by atoms with Gasteiger partial charge in [0, 0.05) is 34.8 Å². The molecule has 0 spiro atoms. The van der Waals surface area contributed by atoms with E-state index in [1.807, 2.05) is 29.7 Å². The number of hydrogen-bond acceptors (Lipinski definition) is 5. The summed E-state index contributed by atoms with van der Waals surface area (Å²) >= 11 is 3.74. The van der Waals surface area contributed by atoms with Crippen LogP contribution in [0.4, 0.5) is 5.13 Å². The SMILES string of the molecule is CNCc1sc(N2CCc3sccc3C2)nc1C(C)(C)C. The lowest BCUT2D eigenvalue weighted by atomic mass is 9.91. The summed E-state index contributed by atoms with van der Waals surface area (Å²) in [5, 5.41) is 6.67. The number of thiazole rings is 1. The topological polar surface area (TPSA) is 28.2 Å². The molecule has 0 saturated heterocycles. The van der Waals surface area contributed by atoms with E-state index >= 15 is 0 Å². The van der Waals surface area contributed by atoms with Crippen molar-refractivity contribution in [3.05, 3.63) is 32.5 Å². The zero-order chi connectivity index (χ0) is 15.0. The van der Waals surface area contributed by atoms with E-state index in [2.05, 4.69) is 42.4 Å². The molecule has 3 rings (SSSR count). The third-order valence-corrected chi connectivity index (χ3v) is 5.95. The van der Waals surface area contributed by atoms with E-state index in [9.17, 15) is 0 Å². The Kier molecular flexibility index (Phi) is 4.08. The van der Waals surface area contributed by atoms with Crippen LogP contribution in [-0.4, -0.2) is 18.6 Å². The van der Waals surface area contributed by atoms with Crippen LogP contribution in [0.25, 0.3) is 0 Å². The van der Waals surface area contributed by atoms with Crippen LogP contribution in [0, 0.1) is 0 Å². The first-order valence-corrected chi connectivity index (χ1v) is 9.13. The smallest absolute Gasteiger partial charge is 0.186 e. The third-order valence-electron chi connectivity index (χ3n) is 3.81. The Balaban J connectivity index is 1.89. The van der Waals surface area contributed by atoms with Crippen molar-refractivity contribution in [1.82, 2.24) is 10.3 Å². The van der Waals surface area contributed by atoms with Gasteiger partial charge in [0.25, 0.3) is 0 Å². The van der Waals surface area contributed by atoms with E-state index in [0.717, 1.165) is 26.1 Å². The average molecular weight is 322 g/mol. The molecule has 0 bridgehead atoms. The molecule has 3 nitrogen and oxygen atoms in total. The minimum Gasteiger partial charge on any atom is -0.343 e. The number of rotatable bonds is 3. The number of fused-ring (bicyclic) bond motifs is 1. The Morgan fingerprint density at radius 1 is 1.38 bits per heavy atom. The van der Waals surface area contributed by atoms with Crippen LogP contribution in [0.5, 0.6) is 0 Å². The van der Waals surface area contributed by atoms with E-state index in [1.165, 1.54) is 21.3 Å². The molecule has 0 fully saturated rings. The molecule has 21 heavy (non-hydrogen) atoms. The highest BCUT2D eigenvalue weighted by atomic mass is 32.1. The quantitative estimate of drug-likeness (QED) is 0.932. The minimum atomic E-state index is 0.101. The maximum atomic E-state index is 4.99. The molecule has 3 heterocycles. The lowest BCUT2D eigenvalue weighted by Gasteiger charge is -2.26. The predicted molar refractivity (Wildman–Crippen MR) is 92.7 cm³/mol. The van der Waals surface area contributed by atoms with Crippen LogP contribution in [0.3, 0.4) is 0 Å². The zero-order valence-corrected chi connectivity index (χ0v) is 14.8. The van der Waals surface area contributed by atoms with Crippen molar-refractivity contribution in [2.75, 3.05) is 18.5 Å². The maximum absolute atomic E-state index is 4.99. The Hall–Kier alpha value is -0.910. The molecule has 0 aromatic carbocycles. The number of hydrogen-bond donors (Lipinski definition) is 1. The van der Waals surface area contributed by atoms with Crippen molar-refractivity contribution in [3.63, 3.8) is 0 Å². The average Bonchev–Trinajstić information content (AvgIpc) is 3.03. The summed E-state index contributed by atoms with van der Waals surface area (Å²) in [5.74, 6) is 0. The molecule has 1 N–H and O–H groups in total. The van der Waals surface area contributed by atoms with Gasteiger partial charge in [0.15, 0.2) is 5.13 Å². The fourth-order valence-corrected chi connectivity index (χ4v) is 4.95. The highest BCUT2D eigenvalue weighted by molar-refractivity contribution is 7.15. The van der Waals surface area contributed by atoms with Gasteiger partial charge in [-0.3, -0.25) is 0 Å². The van der Waals surface area contributed by atoms with Gasteiger partial charge in [-0.2, -0.15) is 0 Å². The first-order valence-electron chi connectivity index (χ1n) is 7.44. The summed E-state index contributed by atoms with van der Waals surface area (Å²) in [4.78, 5) is 10.3. The largest absolute Gasteiger partial charge is 0.343 e. The first kappa shape index (κ1) is 15.0. The summed E-state index contributed by atoms with van der Waals surface area (Å²) in [6, 6.07) is 2.26. The van der Waals surface area contributed by atoms with Crippen molar-refractivity contribution in [2.45, 2.75) is 45.7 Å². The van der Waals surface area contributed by atoms with Crippen LogP contribution in [-0.2, 0) is 24.9 Å². The number of thiophene rings is 1. The molecule has 114 valence electrons. The van der Waals surface area contributed by atoms with Gasteiger partial charge in [0.2, 0.25) is 0 Å². The molecule has 5 heteroatoms. The van der Waals surface area contributed by atoms with Crippen LogP contribution >= 0.6 is 22.7 Å². The minimum absolute atomic E-state index is 0.101. The standard InChI is InChI=1S/C16H23N3S2/c1-16(2,3)14-13(9-17-4)21-15(18-14)19-7-5-12-11(10-19)6-8-20-12/h6,8,17H,5,7,9-10H2,1-4H3. The van der Waals surface area contributed by atoms with Gasteiger partial charge in [-0.1, -0.05) is 20.8 Å². The van der Waals surface area contributed by atoms with Crippen molar-refractivity contribution in [2.24, 2.45) is 0 Å². The fourth-order valence-electron chi connectivity index (χ4n) is 2.75. The number of aromatic nitrogens is 1. The van der Waals surface area contributed by atoms with Gasteiger partial charge in [0.05, 0.1) is 5.69 Å². The molecule has 0 radical (unpaired) electrons. The second kappa shape index (κ2) is 5.71. The first-order chi connectivity index (χ1) is 9.99. The summed E-state index contributed by atoms with van der Waals surface area (Å²) in [6.45, 7) is 9.74. The maximum Gasteiger partial charge on any atom is 0.186 e. The van der Waals surface area contributed by atoms with Gasteiger partial charge < -0.3 is 10.2 Å². The molecule has 0 saturated carbocycles. The molecule has 0 amide bonds. The molecular weight excluding hydrogens is 298 g/mol. The van der Waals surface area contributed by atoms with E-state index in [1.54, 1.807) is 4.88 Å². The molecule has 0 unspecified atom stereocenters. The zero-order valence-electron chi connectivity index (χ0n) is 13.2. The lowest BCUT2D eigenvalue weighted by molar-refractivity contribution is 0.562. The summed E-state index contributed by atoms with van der Waals surface area (Å²) in [6.07, 6.45) is 1.15. The van der Waals surface area contributed by atoms with E-state index in [-0.39, 0.29) is 5.41 Å². The molecule has 1 aliphatic heterocycles. The highest BCUT2D eigenvalue weighted by Gasteiger charge is 2.26. The van der Waals surface area contributed by atoms with Gasteiger partial charge >= 0.3 is 0 Å². The lowest BCUT2D eigenvalue weighted by Crippen LogP contribution is -2.29. The summed E-state index contributed by atoms with van der Waals surface area (Å²) in [7, 11) is 2.00. The Labute approximate surface area is 135 Å². The Morgan fingerprint density at radius 2 is 2.19 bits per heavy atom. The normalized spacial score (nSPS) is 15.3. The molecular formula is C16H23N3S2. The van der Waals surface area contributed by atoms with Gasteiger partial charge in [0.1, 0.15) is 0 Å². The molecule has 0 aliphatic carbocycles. The number of nitrogens with one attached hydrogen (secondary N) is 1.